The summed E-state index contributed by atoms with van der Waals surface area (Å²) in [5, 5.41) is 5.40. The van der Waals surface area contributed by atoms with Crippen molar-refractivity contribution in [2.45, 2.75) is 25.3 Å². The highest BCUT2D eigenvalue weighted by atomic mass is 16.5. The normalized spacial score (nSPS) is 16.2. The molecular weight excluding hydrogens is 310 g/mol. The first-order chi connectivity index (χ1) is 12.3. The second-order valence-corrected chi connectivity index (χ2v) is 6.51. The van der Waals surface area contributed by atoms with Gasteiger partial charge in [-0.1, -0.05) is 54.6 Å². The number of benzene rings is 3. The first kappa shape index (κ1) is 15.7. The molecule has 0 aliphatic heterocycles. The summed E-state index contributed by atoms with van der Waals surface area (Å²) in [7, 11) is 0. The minimum atomic E-state index is -0.0742. The van der Waals surface area contributed by atoms with E-state index in [1.165, 1.54) is 11.1 Å². The van der Waals surface area contributed by atoms with Crippen LogP contribution in [0.3, 0.4) is 0 Å². The van der Waals surface area contributed by atoms with E-state index in [1.807, 2.05) is 42.5 Å². The predicted molar refractivity (Wildman–Crippen MR) is 99.7 cm³/mol. The maximum absolute atomic E-state index is 12.3. The Morgan fingerprint density at radius 1 is 1.00 bits per heavy atom. The molecule has 0 saturated heterocycles. The molecule has 1 aliphatic carbocycles. The van der Waals surface area contributed by atoms with Gasteiger partial charge in [0.1, 0.15) is 5.75 Å². The highest BCUT2D eigenvalue weighted by Gasteiger charge is 2.21. The van der Waals surface area contributed by atoms with Crippen LogP contribution in [0.4, 0.5) is 0 Å². The number of carbonyl (C=O) groups excluding carboxylic acids is 1. The van der Waals surface area contributed by atoms with Crippen molar-refractivity contribution in [1.82, 2.24) is 5.32 Å². The van der Waals surface area contributed by atoms with Crippen LogP contribution in [0.25, 0.3) is 10.8 Å². The fourth-order valence-electron chi connectivity index (χ4n) is 3.55. The van der Waals surface area contributed by atoms with E-state index < -0.39 is 0 Å². The number of amides is 1. The van der Waals surface area contributed by atoms with Gasteiger partial charge in [0.15, 0.2) is 6.61 Å². The quantitative estimate of drug-likeness (QED) is 0.769. The van der Waals surface area contributed by atoms with Crippen molar-refractivity contribution in [2.24, 2.45) is 0 Å². The van der Waals surface area contributed by atoms with Crippen molar-refractivity contribution in [3.05, 3.63) is 77.9 Å². The fourth-order valence-corrected chi connectivity index (χ4v) is 3.55. The molecule has 1 N–H and O–H groups in total. The summed E-state index contributed by atoms with van der Waals surface area (Å²) >= 11 is 0. The van der Waals surface area contributed by atoms with E-state index in [4.69, 9.17) is 4.74 Å². The molecule has 1 atom stereocenters. The molecule has 0 fully saturated rings. The topological polar surface area (TPSA) is 38.3 Å². The zero-order chi connectivity index (χ0) is 17.1. The first-order valence-corrected chi connectivity index (χ1v) is 8.78. The molecule has 25 heavy (non-hydrogen) atoms. The van der Waals surface area contributed by atoms with Gasteiger partial charge < -0.3 is 10.1 Å². The van der Waals surface area contributed by atoms with Crippen LogP contribution in [0, 0.1) is 0 Å². The van der Waals surface area contributed by atoms with Gasteiger partial charge in [-0.05, 0) is 53.3 Å². The van der Waals surface area contributed by atoms with Gasteiger partial charge in [-0.2, -0.15) is 0 Å². The van der Waals surface area contributed by atoms with E-state index in [0.717, 1.165) is 35.8 Å². The lowest BCUT2D eigenvalue weighted by atomic mass is 9.88. The zero-order valence-electron chi connectivity index (χ0n) is 14.1. The van der Waals surface area contributed by atoms with E-state index >= 15 is 0 Å². The molecule has 1 aliphatic rings. The molecule has 0 spiro atoms. The molecule has 3 nitrogen and oxygen atoms in total. The van der Waals surface area contributed by atoms with Gasteiger partial charge in [-0.15, -0.1) is 0 Å². The van der Waals surface area contributed by atoms with Gasteiger partial charge >= 0.3 is 0 Å². The second kappa shape index (κ2) is 6.98. The maximum atomic E-state index is 12.3. The Balaban J connectivity index is 1.39. The Bertz CT molecular complexity index is 903. The van der Waals surface area contributed by atoms with Crippen molar-refractivity contribution in [3.63, 3.8) is 0 Å². The number of fused-ring (bicyclic) bond motifs is 2. The molecule has 0 bridgehead atoms. The Morgan fingerprint density at radius 3 is 2.72 bits per heavy atom. The number of rotatable bonds is 4. The van der Waals surface area contributed by atoms with Crippen molar-refractivity contribution < 1.29 is 9.53 Å². The van der Waals surface area contributed by atoms with Crippen molar-refractivity contribution in [1.29, 1.82) is 0 Å². The van der Waals surface area contributed by atoms with E-state index in [0.29, 0.717) is 0 Å². The molecule has 0 radical (unpaired) electrons. The number of nitrogens with one attached hydrogen (secondary N) is 1. The van der Waals surface area contributed by atoms with Gasteiger partial charge in [0.2, 0.25) is 0 Å². The average Bonchev–Trinajstić information content (AvgIpc) is 2.66. The second-order valence-electron chi connectivity index (χ2n) is 6.51. The molecule has 3 aromatic rings. The van der Waals surface area contributed by atoms with E-state index in [2.05, 4.69) is 29.6 Å². The molecule has 0 saturated carbocycles. The monoisotopic (exact) mass is 331 g/mol. The lowest BCUT2D eigenvalue weighted by molar-refractivity contribution is -0.123. The third-order valence-corrected chi connectivity index (χ3v) is 4.80. The lowest BCUT2D eigenvalue weighted by Gasteiger charge is -2.26. The predicted octanol–water partition coefficient (Wildman–Crippen LogP) is 4.41. The van der Waals surface area contributed by atoms with Crippen LogP contribution >= 0.6 is 0 Å². The molecule has 3 aromatic carbocycles. The van der Waals surface area contributed by atoms with Crippen LogP contribution in [0.2, 0.25) is 0 Å². The molecule has 0 unspecified atom stereocenters. The third-order valence-electron chi connectivity index (χ3n) is 4.80. The minimum absolute atomic E-state index is 0.0387. The fraction of sp³-hybridized carbons (Fsp3) is 0.227. The summed E-state index contributed by atoms with van der Waals surface area (Å²) in [5.74, 6) is 0.646. The van der Waals surface area contributed by atoms with Crippen molar-refractivity contribution in [3.8, 4) is 5.75 Å². The standard InChI is InChI=1S/C22H21NO2/c24-22(23-21-11-5-9-17-7-3-4-10-20(17)21)15-25-19-13-12-16-6-1-2-8-18(16)14-19/h1-4,6-8,10,12-14,21H,5,9,11,15H2,(H,23,24)/t21-/m1/s1. The number of carbonyl (C=O) groups is 1. The van der Waals surface area contributed by atoms with Gasteiger partial charge in [0.05, 0.1) is 6.04 Å². The third kappa shape index (κ3) is 3.50. The number of hydrogen-bond acceptors (Lipinski definition) is 2. The van der Waals surface area contributed by atoms with Crippen LogP contribution in [0.1, 0.15) is 30.0 Å². The first-order valence-electron chi connectivity index (χ1n) is 8.78. The molecule has 1 amide bonds. The highest BCUT2D eigenvalue weighted by molar-refractivity contribution is 5.84. The van der Waals surface area contributed by atoms with E-state index in [-0.39, 0.29) is 18.6 Å². The molecule has 0 aromatic heterocycles. The molecular formula is C22H21NO2. The summed E-state index contributed by atoms with van der Waals surface area (Å²) in [6.07, 6.45) is 3.18. The van der Waals surface area contributed by atoms with Gasteiger partial charge in [0.25, 0.3) is 5.91 Å². The van der Waals surface area contributed by atoms with Crippen LogP contribution in [0.15, 0.2) is 66.7 Å². The Kier molecular flexibility index (Phi) is 4.38. The van der Waals surface area contributed by atoms with Gasteiger partial charge in [-0.3, -0.25) is 4.79 Å². The Labute approximate surface area is 147 Å². The SMILES string of the molecule is O=C(COc1ccc2ccccc2c1)N[C@@H]1CCCc2ccccc21. The van der Waals surface area contributed by atoms with Crippen LogP contribution in [-0.4, -0.2) is 12.5 Å². The largest absolute Gasteiger partial charge is 0.484 e. The summed E-state index contributed by atoms with van der Waals surface area (Å²) in [4.78, 5) is 12.3. The Morgan fingerprint density at radius 2 is 1.80 bits per heavy atom. The number of ether oxygens (including phenoxy) is 1. The summed E-state index contributed by atoms with van der Waals surface area (Å²) in [6, 6.07) is 22.5. The van der Waals surface area contributed by atoms with Crippen molar-refractivity contribution in [2.75, 3.05) is 6.61 Å². The minimum Gasteiger partial charge on any atom is -0.484 e. The van der Waals surface area contributed by atoms with Crippen LogP contribution in [-0.2, 0) is 11.2 Å². The number of aryl methyl sites for hydroxylation is 1. The average molecular weight is 331 g/mol. The smallest absolute Gasteiger partial charge is 0.258 e. The van der Waals surface area contributed by atoms with Gasteiger partial charge in [-0.25, -0.2) is 0 Å². The van der Waals surface area contributed by atoms with E-state index in [1.54, 1.807) is 0 Å². The molecule has 3 heteroatoms. The molecule has 126 valence electrons. The summed E-state index contributed by atoms with van der Waals surface area (Å²) in [6.45, 7) is 0.0387. The van der Waals surface area contributed by atoms with Crippen molar-refractivity contribution >= 4 is 16.7 Å². The summed E-state index contributed by atoms with van der Waals surface area (Å²) < 4.78 is 5.69. The zero-order valence-corrected chi connectivity index (χ0v) is 14.1. The lowest BCUT2D eigenvalue weighted by Crippen LogP contribution is -2.34. The maximum Gasteiger partial charge on any atom is 0.258 e. The Hall–Kier alpha value is -2.81. The molecule has 0 heterocycles. The van der Waals surface area contributed by atoms with Gasteiger partial charge in [0, 0.05) is 0 Å². The van der Waals surface area contributed by atoms with Crippen LogP contribution in [0.5, 0.6) is 5.75 Å². The number of hydrogen-bond donors (Lipinski definition) is 1. The highest BCUT2D eigenvalue weighted by Crippen LogP contribution is 2.29. The van der Waals surface area contributed by atoms with E-state index in [9.17, 15) is 4.79 Å². The molecule has 4 rings (SSSR count). The van der Waals surface area contributed by atoms with Crippen LogP contribution < -0.4 is 10.1 Å². The summed E-state index contributed by atoms with van der Waals surface area (Å²) in [5.41, 5.74) is 2.59.